The highest BCUT2D eigenvalue weighted by atomic mass is 79.9. The fourth-order valence-electron chi connectivity index (χ4n) is 1.54. The summed E-state index contributed by atoms with van der Waals surface area (Å²) in [7, 11) is 0. The average Bonchev–Trinajstić information content (AvgIpc) is 2.40. The minimum atomic E-state index is 0.714. The van der Waals surface area contributed by atoms with Gasteiger partial charge in [-0.2, -0.15) is 0 Å². The van der Waals surface area contributed by atoms with Crippen LogP contribution in [0.15, 0.2) is 51.8 Å². The van der Waals surface area contributed by atoms with Gasteiger partial charge in [-0.3, -0.25) is 0 Å². The number of nitrogens with one attached hydrogen (secondary N) is 1. The van der Waals surface area contributed by atoms with Crippen LogP contribution in [0.4, 0.5) is 5.69 Å². The SMILES string of the molecule is Clc1ccc(Cl)c(SCCNc2ccccc2Br)c1. The van der Waals surface area contributed by atoms with Crippen LogP contribution in [0.25, 0.3) is 0 Å². The van der Waals surface area contributed by atoms with Gasteiger partial charge in [0, 0.05) is 32.4 Å². The molecule has 2 aromatic carbocycles. The Bertz CT molecular complexity index is 563. The fourth-order valence-corrected chi connectivity index (χ4v) is 3.32. The van der Waals surface area contributed by atoms with Crippen molar-refractivity contribution in [2.75, 3.05) is 17.6 Å². The van der Waals surface area contributed by atoms with Crippen LogP contribution in [0, 0.1) is 0 Å². The van der Waals surface area contributed by atoms with Crippen molar-refractivity contribution < 1.29 is 0 Å². The van der Waals surface area contributed by atoms with E-state index in [1.807, 2.05) is 36.4 Å². The number of anilines is 1. The minimum absolute atomic E-state index is 0.714. The van der Waals surface area contributed by atoms with Crippen LogP contribution in [0.3, 0.4) is 0 Å². The second-order valence-electron chi connectivity index (χ2n) is 3.83. The summed E-state index contributed by atoms with van der Waals surface area (Å²) in [6, 6.07) is 13.6. The lowest BCUT2D eigenvalue weighted by Gasteiger charge is -2.09. The van der Waals surface area contributed by atoms with Crippen molar-refractivity contribution in [3.63, 3.8) is 0 Å². The van der Waals surface area contributed by atoms with Gasteiger partial charge < -0.3 is 5.32 Å². The summed E-state index contributed by atoms with van der Waals surface area (Å²) in [4.78, 5) is 1.02. The lowest BCUT2D eigenvalue weighted by Crippen LogP contribution is -2.04. The highest BCUT2D eigenvalue weighted by Gasteiger charge is 2.02. The van der Waals surface area contributed by atoms with E-state index >= 15 is 0 Å². The largest absolute Gasteiger partial charge is 0.383 e. The van der Waals surface area contributed by atoms with Crippen molar-refractivity contribution in [1.29, 1.82) is 0 Å². The van der Waals surface area contributed by atoms with E-state index in [1.165, 1.54) is 0 Å². The molecular weight excluding hydrogens is 365 g/mol. The van der Waals surface area contributed by atoms with Gasteiger partial charge in [-0.15, -0.1) is 11.8 Å². The van der Waals surface area contributed by atoms with Crippen LogP contribution in [-0.4, -0.2) is 12.3 Å². The van der Waals surface area contributed by atoms with Crippen LogP contribution < -0.4 is 5.32 Å². The summed E-state index contributed by atoms with van der Waals surface area (Å²) in [6.07, 6.45) is 0. The maximum atomic E-state index is 6.11. The highest BCUT2D eigenvalue weighted by molar-refractivity contribution is 9.10. The monoisotopic (exact) mass is 375 g/mol. The third-order valence-electron chi connectivity index (χ3n) is 2.44. The molecule has 0 aliphatic rings. The molecule has 5 heteroatoms. The van der Waals surface area contributed by atoms with E-state index in [0.29, 0.717) is 5.02 Å². The first-order chi connectivity index (χ1) is 9.16. The Kier molecular flexibility index (Phi) is 5.89. The molecule has 0 aromatic heterocycles. The third-order valence-corrected chi connectivity index (χ3v) is 4.87. The number of halogens is 3. The van der Waals surface area contributed by atoms with Gasteiger partial charge in [0.05, 0.1) is 5.02 Å². The number of hydrogen-bond donors (Lipinski definition) is 1. The van der Waals surface area contributed by atoms with Crippen LogP contribution in [0.2, 0.25) is 10.0 Å². The Morgan fingerprint density at radius 1 is 1.11 bits per heavy atom. The minimum Gasteiger partial charge on any atom is -0.383 e. The Balaban J connectivity index is 1.84. The Labute approximate surface area is 135 Å². The molecule has 0 aliphatic carbocycles. The maximum Gasteiger partial charge on any atom is 0.0542 e. The molecule has 0 radical (unpaired) electrons. The molecule has 0 saturated heterocycles. The Morgan fingerprint density at radius 3 is 2.68 bits per heavy atom. The Hall–Kier alpha value is -0.350. The van der Waals surface area contributed by atoms with Crippen LogP contribution in [-0.2, 0) is 0 Å². The predicted molar refractivity (Wildman–Crippen MR) is 89.8 cm³/mol. The molecule has 0 amide bonds. The van der Waals surface area contributed by atoms with Gasteiger partial charge in [0.1, 0.15) is 0 Å². The summed E-state index contributed by atoms with van der Waals surface area (Å²) in [6.45, 7) is 0.857. The van der Waals surface area contributed by atoms with E-state index in [9.17, 15) is 0 Å². The normalized spacial score (nSPS) is 10.5. The molecule has 100 valence electrons. The number of rotatable bonds is 5. The summed E-state index contributed by atoms with van der Waals surface area (Å²) in [5.41, 5.74) is 1.10. The molecule has 0 unspecified atom stereocenters. The van der Waals surface area contributed by atoms with Crippen molar-refractivity contribution in [1.82, 2.24) is 0 Å². The van der Waals surface area contributed by atoms with Crippen molar-refractivity contribution in [2.45, 2.75) is 4.90 Å². The second kappa shape index (κ2) is 7.44. The number of benzene rings is 2. The summed E-state index contributed by atoms with van der Waals surface area (Å²) in [5, 5.41) is 4.83. The van der Waals surface area contributed by atoms with Crippen LogP contribution in [0.5, 0.6) is 0 Å². The van der Waals surface area contributed by atoms with Gasteiger partial charge in [0.2, 0.25) is 0 Å². The molecular formula is C14H12BrCl2NS. The van der Waals surface area contributed by atoms with Gasteiger partial charge in [0.25, 0.3) is 0 Å². The highest BCUT2D eigenvalue weighted by Crippen LogP contribution is 2.30. The quantitative estimate of drug-likeness (QED) is 0.510. The lowest BCUT2D eigenvalue weighted by molar-refractivity contribution is 1.22. The molecule has 0 atom stereocenters. The molecule has 2 aromatic rings. The second-order valence-corrected chi connectivity index (χ2v) is 6.66. The number of hydrogen-bond acceptors (Lipinski definition) is 2. The molecule has 0 fully saturated rings. The first-order valence-electron chi connectivity index (χ1n) is 5.73. The molecule has 2 rings (SSSR count). The molecule has 0 spiro atoms. The standard InChI is InChI=1S/C14H12BrCl2NS/c15-11-3-1-2-4-13(11)18-7-8-19-14-9-10(16)5-6-12(14)17/h1-6,9,18H,7-8H2. The Morgan fingerprint density at radius 2 is 1.89 bits per heavy atom. The van der Waals surface area contributed by atoms with E-state index in [4.69, 9.17) is 23.2 Å². The van der Waals surface area contributed by atoms with E-state index in [0.717, 1.165) is 32.4 Å². The zero-order valence-corrected chi connectivity index (χ0v) is 13.9. The number of para-hydroxylation sites is 1. The summed E-state index contributed by atoms with van der Waals surface area (Å²) in [5.74, 6) is 0.918. The topological polar surface area (TPSA) is 12.0 Å². The average molecular weight is 377 g/mol. The van der Waals surface area contributed by atoms with Gasteiger partial charge in [-0.05, 0) is 46.3 Å². The van der Waals surface area contributed by atoms with Crippen LogP contribution in [0.1, 0.15) is 0 Å². The zero-order chi connectivity index (χ0) is 13.7. The smallest absolute Gasteiger partial charge is 0.0542 e. The lowest BCUT2D eigenvalue weighted by atomic mass is 10.3. The van der Waals surface area contributed by atoms with Gasteiger partial charge in [-0.25, -0.2) is 0 Å². The van der Waals surface area contributed by atoms with Gasteiger partial charge in [0.15, 0.2) is 0 Å². The van der Waals surface area contributed by atoms with Gasteiger partial charge >= 0.3 is 0 Å². The third kappa shape index (κ3) is 4.60. The molecule has 19 heavy (non-hydrogen) atoms. The molecule has 0 saturated carbocycles. The van der Waals surface area contributed by atoms with E-state index < -0.39 is 0 Å². The molecule has 1 nitrogen and oxygen atoms in total. The van der Waals surface area contributed by atoms with E-state index in [-0.39, 0.29) is 0 Å². The van der Waals surface area contributed by atoms with Crippen molar-refractivity contribution >= 4 is 56.6 Å². The molecule has 0 bridgehead atoms. The fraction of sp³-hybridized carbons (Fsp3) is 0.143. The first kappa shape index (κ1) is 15.0. The maximum absolute atomic E-state index is 6.11. The van der Waals surface area contributed by atoms with Crippen LogP contribution >= 0.6 is 50.9 Å². The van der Waals surface area contributed by atoms with Crippen molar-refractivity contribution in [3.05, 3.63) is 57.0 Å². The number of thioether (sulfide) groups is 1. The summed E-state index contributed by atoms with van der Waals surface area (Å²) < 4.78 is 1.07. The zero-order valence-electron chi connectivity index (χ0n) is 10.00. The van der Waals surface area contributed by atoms with E-state index in [1.54, 1.807) is 17.8 Å². The first-order valence-corrected chi connectivity index (χ1v) is 8.26. The van der Waals surface area contributed by atoms with Crippen molar-refractivity contribution in [3.8, 4) is 0 Å². The van der Waals surface area contributed by atoms with Gasteiger partial charge in [-0.1, -0.05) is 35.3 Å². The molecule has 1 N–H and O–H groups in total. The summed E-state index contributed by atoms with van der Waals surface area (Å²) >= 11 is 17.3. The molecule has 0 aliphatic heterocycles. The van der Waals surface area contributed by atoms with E-state index in [2.05, 4.69) is 21.2 Å². The molecule has 0 heterocycles. The van der Waals surface area contributed by atoms with Crippen molar-refractivity contribution in [2.24, 2.45) is 0 Å². The predicted octanol–water partition coefficient (Wildman–Crippen LogP) is 5.96.